The summed E-state index contributed by atoms with van der Waals surface area (Å²) in [6.45, 7) is 5.32. The summed E-state index contributed by atoms with van der Waals surface area (Å²) in [5.74, 6) is 0.701. The van der Waals surface area contributed by atoms with E-state index < -0.39 is 6.23 Å². The standard InChI is InChI=1S/C25H20N6O2/c1-14-12-15(2)30-25(26-14)27-22(28-30)23-29-31(16(3)32)24(33-23)21-19-10-6-4-8-17(19)13-18-9-5-7-11-20(18)21/h4-13,24H,1-3H3/t24-/m1/s1. The number of benzene rings is 3. The molecule has 1 aliphatic rings. The van der Waals surface area contributed by atoms with E-state index in [9.17, 15) is 4.79 Å². The summed E-state index contributed by atoms with van der Waals surface area (Å²) in [6, 6.07) is 20.2. The predicted molar refractivity (Wildman–Crippen MR) is 125 cm³/mol. The van der Waals surface area contributed by atoms with Crippen LogP contribution in [0.4, 0.5) is 0 Å². The van der Waals surface area contributed by atoms with Gasteiger partial charge in [0.2, 0.25) is 18.0 Å². The molecule has 3 aromatic carbocycles. The molecule has 162 valence electrons. The number of aryl methyl sites for hydroxylation is 2. The van der Waals surface area contributed by atoms with Crippen LogP contribution in [0.2, 0.25) is 0 Å². The van der Waals surface area contributed by atoms with E-state index in [4.69, 9.17) is 4.74 Å². The lowest BCUT2D eigenvalue weighted by Gasteiger charge is -2.22. The van der Waals surface area contributed by atoms with Gasteiger partial charge in [-0.15, -0.1) is 10.2 Å². The van der Waals surface area contributed by atoms with E-state index in [0.717, 1.165) is 38.5 Å². The molecule has 5 aromatic rings. The van der Waals surface area contributed by atoms with Crippen LogP contribution >= 0.6 is 0 Å². The van der Waals surface area contributed by atoms with Crippen LogP contribution in [0.25, 0.3) is 27.3 Å². The Bertz CT molecular complexity index is 1570. The Morgan fingerprint density at radius 3 is 2.27 bits per heavy atom. The molecule has 1 aliphatic heterocycles. The lowest BCUT2D eigenvalue weighted by Crippen LogP contribution is -2.25. The van der Waals surface area contributed by atoms with Gasteiger partial charge in [-0.25, -0.2) is 9.50 Å². The van der Waals surface area contributed by atoms with E-state index in [0.29, 0.717) is 5.78 Å². The van der Waals surface area contributed by atoms with Crippen molar-refractivity contribution in [2.45, 2.75) is 27.0 Å². The smallest absolute Gasteiger partial charge is 0.281 e. The number of rotatable bonds is 2. The Morgan fingerprint density at radius 1 is 0.939 bits per heavy atom. The van der Waals surface area contributed by atoms with Crippen molar-refractivity contribution in [2.75, 3.05) is 0 Å². The molecule has 3 heterocycles. The molecule has 0 radical (unpaired) electrons. The van der Waals surface area contributed by atoms with E-state index in [1.165, 1.54) is 11.9 Å². The Kier molecular flexibility index (Phi) is 4.16. The molecule has 8 nitrogen and oxygen atoms in total. The van der Waals surface area contributed by atoms with Gasteiger partial charge in [-0.3, -0.25) is 4.79 Å². The first-order valence-electron chi connectivity index (χ1n) is 10.7. The number of hydrazone groups is 1. The van der Waals surface area contributed by atoms with Gasteiger partial charge in [0.05, 0.1) is 0 Å². The highest BCUT2D eigenvalue weighted by Crippen LogP contribution is 2.39. The van der Waals surface area contributed by atoms with Crippen LogP contribution in [0, 0.1) is 13.8 Å². The molecule has 8 heteroatoms. The van der Waals surface area contributed by atoms with Crippen molar-refractivity contribution >= 4 is 39.1 Å². The van der Waals surface area contributed by atoms with Gasteiger partial charge in [0.25, 0.3) is 11.7 Å². The zero-order valence-corrected chi connectivity index (χ0v) is 18.4. The van der Waals surface area contributed by atoms with Crippen LogP contribution in [0.5, 0.6) is 0 Å². The lowest BCUT2D eigenvalue weighted by atomic mass is 9.95. The molecule has 2 aromatic heterocycles. The third kappa shape index (κ3) is 3.02. The van der Waals surface area contributed by atoms with Crippen molar-refractivity contribution in [3.05, 3.63) is 83.4 Å². The van der Waals surface area contributed by atoms with Gasteiger partial charge in [0.1, 0.15) is 0 Å². The maximum atomic E-state index is 12.6. The third-order valence-electron chi connectivity index (χ3n) is 5.84. The first kappa shape index (κ1) is 19.4. The van der Waals surface area contributed by atoms with Gasteiger partial charge in [0.15, 0.2) is 0 Å². The largest absolute Gasteiger partial charge is 0.443 e. The molecule has 0 saturated carbocycles. The first-order valence-corrected chi connectivity index (χ1v) is 10.7. The van der Waals surface area contributed by atoms with Crippen LogP contribution in [0.15, 0.2) is 65.8 Å². The highest BCUT2D eigenvalue weighted by Gasteiger charge is 2.37. The molecule has 1 atom stereocenters. The topological polar surface area (TPSA) is 85.0 Å². The second-order valence-corrected chi connectivity index (χ2v) is 8.16. The number of fused-ring (bicyclic) bond motifs is 3. The number of nitrogens with zero attached hydrogens (tertiary/aromatic N) is 6. The summed E-state index contributed by atoms with van der Waals surface area (Å²) in [4.78, 5) is 21.6. The first-order chi connectivity index (χ1) is 16.0. The summed E-state index contributed by atoms with van der Waals surface area (Å²) < 4.78 is 7.96. The van der Waals surface area contributed by atoms with Gasteiger partial charge in [-0.2, -0.15) is 9.99 Å². The van der Waals surface area contributed by atoms with Crippen LogP contribution in [0.1, 0.15) is 35.9 Å². The molecule has 0 fully saturated rings. The van der Waals surface area contributed by atoms with Crippen molar-refractivity contribution in [1.29, 1.82) is 0 Å². The Labute approximate surface area is 189 Å². The van der Waals surface area contributed by atoms with E-state index in [2.05, 4.69) is 38.4 Å². The number of carbonyl (C=O) groups excluding carboxylic acids is 1. The van der Waals surface area contributed by atoms with Gasteiger partial charge in [-0.05, 0) is 47.5 Å². The minimum Gasteiger partial charge on any atom is -0.443 e. The number of hydrogen-bond acceptors (Lipinski definition) is 6. The minimum absolute atomic E-state index is 0.190. The normalized spacial score (nSPS) is 15.9. The summed E-state index contributed by atoms with van der Waals surface area (Å²) >= 11 is 0. The fourth-order valence-electron chi connectivity index (χ4n) is 4.42. The Balaban J connectivity index is 1.53. The molecular weight excluding hydrogens is 416 g/mol. The second kappa shape index (κ2) is 7.09. The SMILES string of the molecule is CC(=O)N1N=C(c2nc3nc(C)cc(C)n3n2)O[C@@H]1c1c2ccccc2cc2ccccc12. The van der Waals surface area contributed by atoms with Crippen LogP contribution < -0.4 is 0 Å². The predicted octanol–water partition coefficient (Wildman–Crippen LogP) is 4.29. The second-order valence-electron chi connectivity index (χ2n) is 8.16. The van der Waals surface area contributed by atoms with Gasteiger partial charge >= 0.3 is 0 Å². The molecule has 0 bridgehead atoms. The van der Waals surface area contributed by atoms with E-state index in [-0.39, 0.29) is 17.6 Å². The number of amides is 1. The van der Waals surface area contributed by atoms with Crippen molar-refractivity contribution in [1.82, 2.24) is 24.6 Å². The molecule has 0 spiro atoms. The Morgan fingerprint density at radius 2 is 1.61 bits per heavy atom. The molecule has 0 N–H and O–H groups in total. The van der Waals surface area contributed by atoms with Crippen molar-refractivity contribution in [3.8, 4) is 0 Å². The van der Waals surface area contributed by atoms with Gasteiger partial charge in [-0.1, -0.05) is 48.5 Å². The number of aromatic nitrogens is 4. The summed E-state index contributed by atoms with van der Waals surface area (Å²) in [6.07, 6.45) is -0.740. The zero-order chi connectivity index (χ0) is 22.7. The highest BCUT2D eigenvalue weighted by atomic mass is 16.5. The van der Waals surface area contributed by atoms with E-state index in [1.54, 1.807) is 4.52 Å². The van der Waals surface area contributed by atoms with Crippen molar-refractivity contribution in [2.24, 2.45) is 5.10 Å². The average Bonchev–Trinajstić information content (AvgIpc) is 3.42. The molecule has 33 heavy (non-hydrogen) atoms. The van der Waals surface area contributed by atoms with E-state index >= 15 is 0 Å². The molecule has 0 unspecified atom stereocenters. The van der Waals surface area contributed by atoms with E-state index in [1.807, 2.05) is 56.3 Å². The summed E-state index contributed by atoms with van der Waals surface area (Å²) in [5, 5.41) is 14.5. The number of ether oxygens (including phenoxy) is 1. The van der Waals surface area contributed by atoms with Crippen molar-refractivity contribution < 1.29 is 9.53 Å². The lowest BCUT2D eigenvalue weighted by molar-refractivity contribution is -0.135. The highest BCUT2D eigenvalue weighted by molar-refractivity contribution is 6.03. The molecule has 0 aliphatic carbocycles. The third-order valence-corrected chi connectivity index (χ3v) is 5.84. The average molecular weight is 436 g/mol. The van der Waals surface area contributed by atoms with Gasteiger partial charge in [0, 0.05) is 23.9 Å². The maximum absolute atomic E-state index is 12.6. The zero-order valence-electron chi connectivity index (χ0n) is 18.4. The summed E-state index contributed by atoms with van der Waals surface area (Å²) in [7, 11) is 0. The quantitative estimate of drug-likeness (QED) is 0.386. The molecule has 0 saturated heterocycles. The maximum Gasteiger partial charge on any atom is 0.281 e. The van der Waals surface area contributed by atoms with Crippen LogP contribution in [-0.2, 0) is 9.53 Å². The van der Waals surface area contributed by atoms with Crippen LogP contribution in [0.3, 0.4) is 0 Å². The monoisotopic (exact) mass is 436 g/mol. The molecular formula is C25H20N6O2. The number of hydrogen-bond donors (Lipinski definition) is 0. The Hall–Kier alpha value is -4.33. The summed E-state index contributed by atoms with van der Waals surface area (Å²) in [5.41, 5.74) is 2.63. The van der Waals surface area contributed by atoms with Crippen molar-refractivity contribution in [3.63, 3.8) is 0 Å². The van der Waals surface area contributed by atoms with Crippen LogP contribution in [-0.4, -0.2) is 36.4 Å². The number of carbonyl (C=O) groups is 1. The fourth-order valence-corrected chi connectivity index (χ4v) is 4.42. The van der Waals surface area contributed by atoms with Gasteiger partial charge < -0.3 is 4.74 Å². The molecule has 6 rings (SSSR count). The fraction of sp³-hybridized carbons (Fsp3) is 0.160. The molecule has 1 amide bonds. The minimum atomic E-state index is -0.740.